The Bertz CT molecular complexity index is 318. The minimum absolute atomic E-state index is 0.336. The Morgan fingerprint density at radius 3 is 2.47 bits per heavy atom. The largest absolute Gasteiger partial charge is 0.441 e. The smallest absolute Gasteiger partial charge is 0.304 e. The van der Waals surface area contributed by atoms with E-state index in [0.29, 0.717) is 0 Å². The molecule has 5 nitrogen and oxygen atoms in total. The van der Waals surface area contributed by atoms with Gasteiger partial charge in [-0.25, -0.2) is 4.39 Å². The fourth-order valence-corrected chi connectivity index (χ4v) is 2.79. The summed E-state index contributed by atoms with van der Waals surface area (Å²) in [6.45, 7) is 6.21. The molecule has 1 heterocycles. The first-order valence-corrected chi connectivity index (χ1v) is 8.87. The fraction of sp³-hybridized carbons (Fsp3) is 0.800. The minimum Gasteiger partial charge on any atom is -0.441 e. The Balaban J connectivity index is 2.66. The van der Waals surface area contributed by atoms with Crippen LogP contribution >= 0.6 is 0 Å². The number of ether oxygens (including phenoxy) is 1. The van der Waals surface area contributed by atoms with E-state index in [1.54, 1.807) is 0 Å². The van der Waals surface area contributed by atoms with Crippen molar-refractivity contribution >= 4 is 20.2 Å². The molecule has 1 aliphatic rings. The summed E-state index contributed by atoms with van der Waals surface area (Å²) in [4.78, 5) is 22.2. The van der Waals surface area contributed by atoms with E-state index in [1.807, 2.05) is 19.6 Å². The maximum atomic E-state index is 12.9. The van der Waals surface area contributed by atoms with Crippen LogP contribution in [0.2, 0.25) is 19.6 Å². The van der Waals surface area contributed by atoms with Gasteiger partial charge >= 0.3 is 5.97 Å². The number of hydrogen-bond acceptors (Lipinski definition) is 4. The van der Waals surface area contributed by atoms with Crippen molar-refractivity contribution in [1.82, 2.24) is 5.32 Å². The molecule has 0 bridgehead atoms. The topological polar surface area (TPSA) is 64.6 Å². The van der Waals surface area contributed by atoms with Gasteiger partial charge in [0.1, 0.15) is 12.6 Å². The van der Waals surface area contributed by atoms with Crippen molar-refractivity contribution in [3.05, 3.63) is 0 Å². The number of amides is 1. The zero-order chi connectivity index (χ0) is 13.2. The molecule has 2 unspecified atom stereocenters. The van der Waals surface area contributed by atoms with Crippen molar-refractivity contribution in [1.29, 1.82) is 0 Å². The summed E-state index contributed by atoms with van der Waals surface area (Å²) in [7, 11) is -1.95. The molecule has 0 spiro atoms. The molecule has 0 aromatic heterocycles. The molecule has 0 aromatic carbocycles. The molecular formula is C10H18FNO4Si. The molecule has 1 amide bonds. The average molecular weight is 263 g/mol. The summed E-state index contributed by atoms with van der Waals surface area (Å²) in [5, 5.41) is 2.41. The van der Waals surface area contributed by atoms with Crippen LogP contribution in [0.5, 0.6) is 0 Å². The lowest BCUT2D eigenvalue weighted by Gasteiger charge is -2.41. The maximum Gasteiger partial charge on any atom is 0.304 e. The van der Waals surface area contributed by atoms with Crippen LogP contribution in [0.1, 0.15) is 6.92 Å². The highest BCUT2D eigenvalue weighted by molar-refractivity contribution is 6.69. The third-order valence-corrected chi connectivity index (χ3v) is 3.27. The number of β-lactam (4-membered cyclic amide) rings is 1. The number of halogens is 1. The molecule has 3 atom stereocenters. The van der Waals surface area contributed by atoms with E-state index in [2.05, 4.69) is 5.32 Å². The highest BCUT2D eigenvalue weighted by atomic mass is 28.4. The lowest BCUT2D eigenvalue weighted by molar-refractivity contribution is -0.174. The van der Waals surface area contributed by atoms with Gasteiger partial charge < -0.3 is 14.5 Å². The third-order valence-electron chi connectivity index (χ3n) is 2.26. The number of carbonyl (C=O) groups is 2. The van der Waals surface area contributed by atoms with Crippen molar-refractivity contribution in [2.24, 2.45) is 5.92 Å². The molecule has 0 aliphatic carbocycles. The standard InChI is InChI=1S/C10H18FNO4Si/c1-6(13)15-10-8(9(14)12-10)7(5-11)16-17(2,3)4/h7-8,10H,5H2,1-4H3,(H,12,14)/t7?,8?,10-/m1/s1. The molecule has 0 radical (unpaired) electrons. The third kappa shape index (κ3) is 3.78. The summed E-state index contributed by atoms with van der Waals surface area (Å²) >= 11 is 0. The van der Waals surface area contributed by atoms with E-state index in [-0.39, 0.29) is 5.91 Å². The Hall–Kier alpha value is -0.953. The molecule has 17 heavy (non-hydrogen) atoms. The van der Waals surface area contributed by atoms with Crippen molar-refractivity contribution in [2.75, 3.05) is 6.67 Å². The van der Waals surface area contributed by atoms with Gasteiger partial charge in [0, 0.05) is 6.92 Å². The molecule has 1 N–H and O–H groups in total. The molecule has 98 valence electrons. The Morgan fingerprint density at radius 2 is 2.12 bits per heavy atom. The van der Waals surface area contributed by atoms with Crippen molar-refractivity contribution in [2.45, 2.75) is 38.9 Å². The average Bonchev–Trinajstić information content (AvgIpc) is 2.12. The molecule has 1 rings (SSSR count). The molecule has 0 saturated carbocycles. The quantitative estimate of drug-likeness (QED) is 0.453. The van der Waals surface area contributed by atoms with E-state index in [4.69, 9.17) is 9.16 Å². The minimum atomic E-state index is -1.95. The van der Waals surface area contributed by atoms with Crippen LogP contribution in [0.4, 0.5) is 4.39 Å². The molecule has 0 aromatic rings. The molecule has 1 aliphatic heterocycles. The zero-order valence-electron chi connectivity index (χ0n) is 10.5. The van der Waals surface area contributed by atoms with Gasteiger partial charge in [-0.2, -0.15) is 0 Å². The van der Waals surface area contributed by atoms with E-state index < -0.39 is 39.2 Å². The lowest BCUT2D eigenvalue weighted by atomic mass is 9.93. The van der Waals surface area contributed by atoms with Gasteiger partial charge in [0.2, 0.25) is 5.91 Å². The molecule has 1 fully saturated rings. The number of esters is 1. The second-order valence-corrected chi connectivity index (χ2v) is 9.45. The van der Waals surface area contributed by atoms with Crippen molar-refractivity contribution in [3.63, 3.8) is 0 Å². The fourth-order valence-electron chi connectivity index (χ4n) is 1.67. The van der Waals surface area contributed by atoms with Gasteiger partial charge in [-0.15, -0.1) is 0 Å². The second-order valence-electron chi connectivity index (χ2n) is 4.99. The van der Waals surface area contributed by atoms with Crippen LogP contribution < -0.4 is 5.32 Å². The number of nitrogens with one attached hydrogen (secondary N) is 1. The number of alkyl halides is 1. The lowest BCUT2D eigenvalue weighted by Crippen LogP contribution is -2.65. The van der Waals surface area contributed by atoms with E-state index in [0.717, 1.165) is 0 Å². The van der Waals surface area contributed by atoms with Crippen LogP contribution in [0, 0.1) is 5.92 Å². The van der Waals surface area contributed by atoms with Gasteiger partial charge in [0.25, 0.3) is 0 Å². The Labute approximate surface area is 101 Å². The van der Waals surface area contributed by atoms with Gasteiger partial charge in [-0.3, -0.25) is 9.59 Å². The maximum absolute atomic E-state index is 12.9. The van der Waals surface area contributed by atoms with E-state index in [9.17, 15) is 14.0 Å². The van der Waals surface area contributed by atoms with Crippen LogP contribution in [-0.4, -0.2) is 39.2 Å². The normalized spacial score (nSPS) is 25.8. The molecule has 7 heteroatoms. The highest BCUT2D eigenvalue weighted by Crippen LogP contribution is 2.25. The zero-order valence-corrected chi connectivity index (χ0v) is 11.5. The second kappa shape index (κ2) is 5.13. The van der Waals surface area contributed by atoms with Crippen molar-refractivity contribution < 1.29 is 23.1 Å². The first-order chi connectivity index (χ1) is 7.74. The first kappa shape index (κ1) is 14.1. The van der Waals surface area contributed by atoms with Gasteiger partial charge in [-0.05, 0) is 19.6 Å². The predicted octanol–water partition coefficient (Wildman–Crippen LogP) is 0.811. The van der Waals surface area contributed by atoms with Crippen molar-refractivity contribution in [3.8, 4) is 0 Å². The summed E-state index contributed by atoms with van der Waals surface area (Å²) in [5.74, 6) is -1.58. The number of hydrogen-bond donors (Lipinski definition) is 1. The van der Waals surface area contributed by atoms with E-state index >= 15 is 0 Å². The molecular weight excluding hydrogens is 245 g/mol. The van der Waals surface area contributed by atoms with Crippen LogP contribution in [0.3, 0.4) is 0 Å². The molecule has 1 saturated heterocycles. The summed E-state index contributed by atoms with van der Waals surface area (Å²) in [6, 6.07) is 0. The monoisotopic (exact) mass is 263 g/mol. The SMILES string of the molecule is CC(=O)O[C@H]1NC(=O)C1C(CF)O[Si](C)(C)C. The van der Waals surface area contributed by atoms with Crippen LogP contribution in [0.25, 0.3) is 0 Å². The highest BCUT2D eigenvalue weighted by Gasteiger charge is 2.48. The van der Waals surface area contributed by atoms with Gasteiger partial charge in [0.15, 0.2) is 14.5 Å². The predicted molar refractivity (Wildman–Crippen MR) is 61.4 cm³/mol. The Morgan fingerprint density at radius 1 is 1.53 bits per heavy atom. The van der Waals surface area contributed by atoms with E-state index in [1.165, 1.54) is 6.92 Å². The number of carbonyl (C=O) groups excluding carboxylic acids is 2. The summed E-state index contributed by atoms with van der Waals surface area (Å²) < 4.78 is 23.4. The number of rotatable bonds is 5. The first-order valence-electron chi connectivity index (χ1n) is 5.46. The van der Waals surface area contributed by atoms with Crippen LogP contribution in [0.15, 0.2) is 0 Å². The van der Waals surface area contributed by atoms with Gasteiger partial charge in [0.05, 0.1) is 6.10 Å². The van der Waals surface area contributed by atoms with Crippen LogP contribution in [-0.2, 0) is 18.8 Å². The Kier molecular flexibility index (Phi) is 4.26. The summed E-state index contributed by atoms with van der Waals surface area (Å²) in [5.41, 5.74) is 0. The summed E-state index contributed by atoms with van der Waals surface area (Å²) in [6.07, 6.45) is -1.60. The van der Waals surface area contributed by atoms with Gasteiger partial charge in [-0.1, -0.05) is 0 Å².